The summed E-state index contributed by atoms with van der Waals surface area (Å²) in [5.41, 5.74) is 0.646. The first-order valence-corrected chi connectivity index (χ1v) is 6.29. The molecule has 0 atom stereocenters. The summed E-state index contributed by atoms with van der Waals surface area (Å²) in [6, 6.07) is 3.75. The molecule has 1 aromatic rings. The molecule has 5 heteroatoms. The lowest BCUT2D eigenvalue weighted by Gasteiger charge is -2.08. The third kappa shape index (κ3) is 6.29. The fraction of sp³-hybridized carbons (Fsp3) is 0.500. The van der Waals surface area contributed by atoms with Gasteiger partial charge in [-0.25, -0.2) is 8.78 Å². The lowest BCUT2D eigenvalue weighted by molar-refractivity contribution is -0.144. The molecule has 1 aromatic carbocycles. The summed E-state index contributed by atoms with van der Waals surface area (Å²) in [5.74, 6) is -1.65. The molecule has 0 spiro atoms. The van der Waals surface area contributed by atoms with E-state index in [0.29, 0.717) is 25.1 Å². The Balaban J connectivity index is 2.17. The third-order valence-corrected chi connectivity index (χ3v) is 2.43. The van der Waals surface area contributed by atoms with E-state index < -0.39 is 11.6 Å². The lowest BCUT2D eigenvalue weighted by Crippen LogP contribution is -2.21. The third-order valence-electron chi connectivity index (χ3n) is 2.43. The van der Waals surface area contributed by atoms with Crippen molar-refractivity contribution in [2.75, 3.05) is 13.2 Å². The largest absolute Gasteiger partial charge is 0.464 e. The van der Waals surface area contributed by atoms with E-state index in [9.17, 15) is 13.6 Å². The minimum atomic E-state index is -0.859. The smallest absolute Gasteiger partial charge is 0.306 e. The number of hydrogen-bond donors (Lipinski definition) is 1. The summed E-state index contributed by atoms with van der Waals surface area (Å²) < 4.78 is 30.6. The van der Waals surface area contributed by atoms with E-state index in [-0.39, 0.29) is 18.5 Å². The second-order valence-corrected chi connectivity index (χ2v) is 4.74. The van der Waals surface area contributed by atoms with Crippen LogP contribution in [0.4, 0.5) is 8.78 Å². The topological polar surface area (TPSA) is 38.3 Å². The summed E-state index contributed by atoms with van der Waals surface area (Å²) in [7, 11) is 0. The molecule has 0 saturated heterocycles. The Kier molecular flexibility index (Phi) is 6.42. The van der Waals surface area contributed by atoms with Crippen molar-refractivity contribution in [3.63, 3.8) is 0 Å². The molecule has 106 valence electrons. The molecule has 0 aliphatic heterocycles. The number of halogens is 2. The maximum absolute atomic E-state index is 12.9. The van der Waals surface area contributed by atoms with Crippen LogP contribution in [0.15, 0.2) is 18.2 Å². The monoisotopic (exact) mass is 271 g/mol. The Labute approximate surface area is 112 Å². The van der Waals surface area contributed by atoms with Gasteiger partial charge in [-0.1, -0.05) is 19.9 Å². The van der Waals surface area contributed by atoms with E-state index in [2.05, 4.69) is 5.32 Å². The zero-order chi connectivity index (χ0) is 14.3. The van der Waals surface area contributed by atoms with Crippen molar-refractivity contribution in [2.24, 2.45) is 5.92 Å². The van der Waals surface area contributed by atoms with Gasteiger partial charge in [0.25, 0.3) is 0 Å². The number of nitrogens with one attached hydrogen (secondary N) is 1. The number of carbonyl (C=O) groups is 1. The summed E-state index contributed by atoms with van der Waals surface area (Å²) >= 11 is 0. The lowest BCUT2D eigenvalue weighted by atomic mass is 10.1. The molecule has 0 saturated carbocycles. The highest BCUT2D eigenvalue weighted by Gasteiger charge is 2.05. The predicted molar refractivity (Wildman–Crippen MR) is 68.5 cm³/mol. The van der Waals surface area contributed by atoms with Gasteiger partial charge < -0.3 is 10.1 Å². The molecule has 0 amide bonds. The molecule has 0 aliphatic rings. The van der Waals surface area contributed by atoms with Crippen LogP contribution in [0.2, 0.25) is 0 Å². The standard InChI is InChI=1S/C14H19F2NO2/c1-10(2)7-14(18)19-6-5-17-9-11-3-4-12(15)13(16)8-11/h3-4,8,10,17H,5-7,9H2,1-2H3. The van der Waals surface area contributed by atoms with Crippen molar-refractivity contribution in [3.8, 4) is 0 Å². The Morgan fingerprint density at radius 3 is 2.68 bits per heavy atom. The molecule has 3 nitrogen and oxygen atoms in total. The highest BCUT2D eigenvalue weighted by molar-refractivity contribution is 5.69. The fourth-order valence-electron chi connectivity index (χ4n) is 1.51. The highest BCUT2D eigenvalue weighted by atomic mass is 19.2. The maximum Gasteiger partial charge on any atom is 0.306 e. The molecule has 0 bridgehead atoms. The van der Waals surface area contributed by atoms with Crippen LogP contribution in [0.3, 0.4) is 0 Å². The Morgan fingerprint density at radius 2 is 2.05 bits per heavy atom. The number of carbonyl (C=O) groups excluding carboxylic acids is 1. The minimum Gasteiger partial charge on any atom is -0.464 e. The van der Waals surface area contributed by atoms with Crippen molar-refractivity contribution >= 4 is 5.97 Å². The van der Waals surface area contributed by atoms with Gasteiger partial charge in [0.1, 0.15) is 6.61 Å². The van der Waals surface area contributed by atoms with Crippen LogP contribution in [0, 0.1) is 17.6 Å². The van der Waals surface area contributed by atoms with Crippen LogP contribution in [-0.4, -0.2) is 19.1 Å². The number of hydrogen-bond acceptors (Lipinski definition) is 3. The Morgan fingerprint density at radius 1 is 1.32 bits per heavy atom. The van der Waals surface area contributed by atoms with E-state index >= 15 is 0 Å². The Hall–Kier alpha value is -1.49. The molecule has 0 fully saturated rings. The van der Waals surface area contributed by atoms with Crippen molar-refractivity contribution in [1.29, 1.82) is 0 Å². The van der Waals surface area contributed by atoms with Gasteiger partial charge in [0.15, 0.2) is 11.6 Å². The van der Waals surface area contributed by atoms with Gasteiger partial charge in [0.05, 0.1) is 0 Å². The first-order valence-electron chi connectivity index (χ1n) is 6.29. The zero-order valence-electron chi connectivity index (χ0n) is 11.2. The van der Waals surface area contributed by atoms with E-state index in [1.165, 1.54) is 6.07 Å². The summed E-state index contributed by atoms with van der Waals surface area (Å²) in [5, 5.41) is 2.99. The number of esters is 1. The predicted octanol–water partition coefficient (Wildman–Crippen LogP) is 2.64. The molecular formula is C14H19F2NO2. The van der Waals surface area contributed by atoms with Crippen molar-refractivity contribution in [3.05, 3.63) is 35.4 Å². The van der Waals surface area contributed by atoms with Gasteiger partial charge >= 0.3 is 5.97 Å². The normalized spacial score (nSPS) is 10.8. The molecule has 0 aromatic heterocycles. The Bertz CT molecular complexity index is 422. The molecule has 19 heavy (non-hydrogen) atoms. The van der Waals surface area contributed by atoms with Gasteiger partial charge in [0, 0.05) is 19.5 Å². The van der Waals surface area contributed by atoms with Crippen LogP contribution in [-0.2, 0) is 16.1 Å². The molecule has 0 radical (unpaired) electrons. The quantitative estimate of drug-likeness (QED) is 0.612. The fourth-order valence-corrected chi connectivity index (χ4v) is 1.51. The zero-order valence-corrected chi connectivity index (χ0v) is 11.2. The van der Waals surface area contributed by atoms with Gasteiger partial charge in [-0.3, -0.25) is 4.79 Å². The second-order valence-electron chi connectivity index (χ2n) is 4.74. The maximum atomic E-state index is 12.9. The van der Waals surface area contributed by atoms with E-state index in [1.54, 1.807) is 0 Å². The van der Waals surface area contributed by atoms with Gasteiger partial charge in [0.2, 0.25) is 0 Å². The SMILES string of the molecule is CC(C)CC(=O)OCCNCc1ccc(F)c(F)c1. The van der Waals surface area contributed by atoms with E-state index in [1.807, 2.05) is 13.8 Å². The molecule has 1 N–H and O–H groups in total. The average Bonchev–Trinajstić information content (AvgIpc) is 2.32. The number of ether oxygens (including phenoxy) is 1. The highest BCUT2D eigenvalue weighted by Crippen LogP contribution is 2.08. The molecular weight excluding hydrogens is 252 g/mol. The number of benzene rings is 1. The molecule has 0 unspecified atom stereocenters. The van der Waals surface area contributed by atoms with Crippen molar-refractivity contribution in [1.82, 2.24) is 5.32 Å². The summed E-state index contributed by atoms with van der Waals surface area (Å²) in [6.45, 7) is 5.04. The van der Waals surface area contributed by atoms with Crippen molar-refractivity contribution in [2.45, 2.75) is 26.8 Å². The number of rotatable bonds is 7. The molecule has 0 aliphatic carbocycles. The molecule has 1 rings (SSSR count). The summed E-state index contributed by atoms with van der Waals surface area (Å²) in [4.78, 5) is 11.2. The summed E-state index contributed by atoms with van der Waals surface area (Å²) in [6.07, 6.45) is 0.406. The van der Waals surface area contributed by atoms with E-state index in [0.717, 1.165) is 12.1 Å². The van der Waals surface area contributed by atoms with Crippen LogP contribution in [0.25, 0.3) is 0 Å². The van der Waals surface area contributed by atoms with Crippen LogP contribution in [0.1, 0.15) is 25.8 Å². The van der Waals surface area contributed by atoms with Crippen LogP contribution < -0.4 is 5.32 Å². The minimum absolute atomic E-state index is 0.218. The van der Waals surface area contributed by atoms with Crippen LogP contribution >= 0.6 is 0 Å². The van der Waals surface area contributed by atoms with Gasteiger partial charge in [-0.2, -0.15) is 0 Å². The first kappa shape index (κ1) is 15.6. The first-order chi connectivity index (χ1) is 8.99. The molecule has 0 heterocycles. The van der Waals surface area contributed by atoms with Gasteiger partial charge in [-0.05, 0) is 23.6 Å². The van der Waals surface area contributed by atoms with Crippen LogP contribution in [0.5, 0.6) is 0 Å². The van der Waals surface area contributed by atoms with Gasteiger partial charge in [-0.15, -0.1) is 0 Å². The van der Waals surface area contributed by atoms with E-state index in [4.69, 9.17) is 4.74 Å². The average molecular weight is 271 g/mol. The second kappa shape index (κ2) is 7.84. The van der Waals surface area contributed by atoms with Crippen molar-refractivity contribution < 1.29 is 18.3 Å².